The van der Waals surface area contributed by atoms with E-state index < -0.39 is 17.4 Å². The minimum Gasteiger partial charge on any atom is -0.506 e. The third kappa shape index (κ3) is 3.17. The Labute approximate surface area is 98.6 Å². The first kappa shape index (κ1) is 13.0. The maximum atomic E-state index is 11.8. The number of aromatic nitrogens is 1. The van der Waals surface area contributed by atoms with Crippen LogP contribution < -0.4 is 5.32 Å². The lowest BCUT2D eigenvalue weighted by atomic mass is 10.1. The maximum Gasteiger partial charge on any atom is 0.330 e. The highest BCUT2D eigenvalue weighted by molar-refractivity contribution is 5.97. The Hall–Kier alpha value is -2.11. The van der Waals surface area contributed by atoms with E-state index in [1.54, 1.807) is 0 Å². The number of nitrogens with zero attached hydrogens (tertiary/aromatic N) is 1. The van der Waals surface area contributed by atoms with Crippen LogP contribution in [0.15, 0.2) is 18.5 Å². The number of carbonyl (C=O) groups is 2. The fourth-order valence-corrected chi connectivity index (χ4v) is 1.21. The molecule has 0 saturated heterocycles. The summed E-state index contributed by atoms with van der Waals surface area (Å²) in [5, 5.41) is 11.7. The van der Waals surface area contributed by atoms with Crippen LogP contribution >= 0.6 is 0 Å². The van der Waals surface area contributed by atoms with Crippen molar-refractivity contribution < 1.29 is 19.4 Å². The van der Waals surface area contributed by atoms with Crippen molar-refractivity contribution in [2.24, 2.45) is 0 Å². The van der Waals surface area contributed by atoms with Gasteiger partial charge in [0.25, 0.3) is 5.91 Å². The van der Waals surface area contributed by atoms with Gasteiger partial charge < -0.3 is 15.2 Å². The number of ether oxygens (including phenoxy) is 1. The van der Waals surface area contributed by atoms with Gasteiger partial charge in [0.1, 0.15) is 11.3 Å². The Morgan fingerprint density at radius 1 is 1.41 bits per heavy atom. The van der Waals surface area contributed by atoms with Crippen molar-refractivity contribution >= 4 is 11.9 Å². The van der Waals surface area contributed by atoms with Crippen molar-refractivity contribution in [1.82, 2.24) is 10.3 Å². The molecule has 1 amide bonds. The summed E-state index contributed by atoms with van der Waals surface area (Å²) in [6.45, 7) is 3.04. The van der Waals surface area contributed by atoms with Gasteiger partial charge in [0.05, 0.1) is 18.9 Å². The van der Waals surface area contributed by atoms with Crippen LogP contribution in [0.5, 0.6) is 5.75 Å². The van der Waals surface area contributed by atoms with Gasteiger partial charge in [0.2, 0.25) is 0 Å². The van der Waals surface area contributed by atoms with E-state index in [1.807, 2.05) is 0 Å². The van der Waals surface area contributed by atoms with Gasteiger partial charge in [0.15, 0.2) is 0 Å². The number of methoxy groups -OCH3 is 1. The molecular formula is C11H14N2O4. The number of amides is 1. The third-order valence-corrected chi connectivity index (χ3v) is 2.11. The Balaban J connectivity index is 2.83. The number of rotatable bonds is 3. The molecule has 1 heterocycles. The molecule has 0 aliphatic heterocycles. The van der Waals surface area contributed by atoms with Crippen molar-refractivity contribution in [3.05, 3.63) is 24.0 Å². The minimum absolute atomic E-state index is 0.117. The summed E-state index contributed by atoms with van der Waals surface area (Å²) in [7, 11) is 1.24. The molecule has 0 aliphatic carbocycles. The van der Waals surface area contributed by atoms with Crippen molar-refractivity contribution in [2.45, 2.75) is 19.4 Å². The van der Waals surface area contributed by atoms with Gasteiger partial charge in [-0.05, 0) is 19.9 Å². The number of esters is 1. The van der Waals surface area contributed by atoms with E-state index in [1.165, 1.54) is 39.4 Å². The predicted octanol–water partition coefficient (Wildman–Crippen LogP) is 0.469. The monoisotopic (exact) mass is 238 g/mol. The molecule has 0 atom stereocenters. The van der Waals surface area contributed by atoms with Gasteiger partial charge in [0, 0.05) is 6.20 Å². The molecule has 1 rings (SSSR count). The number of pyridine rings is 1. The van der Waals surface area contributed by atoms with Crippen LogP contribution in [-0.4, -0.2) is 34.6 Å². The van der Waals surface area contributed by atoms with Crippen molar-refractivity contribution in [2.75, 3.05) is 7.11 Å². The lowest BCUT2D eigenvalue weighted by Gasteiger charge is -2.22. The minimum atomic E-state index is -1.14. The van der Waals surface area contributed by atoms with E-state index in [0.29, 0.717) is 0 Å². The molecule has 0 saturated carbocycles. The second-order valence-electron chi connectivity index (χ2n) is 4.00. The molecular weight excluding hydrogens is 224 g/mol. The van der Waals surface area contributed by atoms with E-state index in [9.17, 15) is 14.7 Å². The average Bonchev–Trinajstić information content (AvgIpc) is 2.27. The zero-order valence-corrected chi connectivity index (χ0v) is 9.85. The second-order valence-corrected chi connectivity index (χ2v) is 4.00. The number of nitrogens with one attached hydrogen (secondary N) is 1. The van der Waals surface area contributed by atoms with Crippen LogP contribution in [0.3, 0.4) is 0 Å². The van der Waals surface area contributed by atoms with Gasteiger partial charge in [-0.25, -0.2) is 4.79 Å². The fraction of sp³-hybridized carbons (Fsp3) is 0.364. The first-order chi connectivity index (χ1) is 7.86. The fourth-order valence-electron chi connectivity index (χ4n) is 1.21. The van der Waals surface area contributed by atoms with Crippen molar-refractivity contribution in [3.8, 4) is 5.75 Å². The molecule has 0 radical (unpaired) electrons. The highest BCUT2D eigenvalue weighted by atomic mass is 16.5. The molecule has 0 unspecified atom stereocenters. The van der Waals surface area contributed by atoms with E-state index in [-0.39, 0.29) is 11.3 Å². The number of hydrogen-bond acceptors (Lipinski definition) is 5. The third-order valence-electron chi connectivity index (χ3n) is 2.11. The lowest BCUT2D eigenvalue weighted by Crippen LogP contribution is -2.50. The zero-order valence-electron chi connectivity index (χ0n) is 9.85. The van der Waals surface area contributed by atoms with Crippen LogP contribution in [-0.2, 0) is 9.53 Å². The Morgan fingerprint density at radius 2 is 2.06 bits per heavy atom. The summed E-state index contributed by atoms with van der Waals surface area (Å²) in [4.78, 5) is 26.8. The molecule has 0 aliphatic rings. The van der Waals surface area contributed by atoms with Crippen LogP contribution in [0.25, 0.3) is 0 Å². The molecule has 0 aromatic carbocycles. The molecule has 6 heteroatoms. The first-order valence-corrected chi connectivity index (χ1v) is 4.92. The summed E-state index contributed by atoms with van der Waals surface area (Å²) in [5.41, 5.74) is -0.973. The van der Waals surface area contributed by atoms with Crippen molar-refractivity contribution in [1.29, 1.82) is 0 Å². The molecule has 0 spiro atoms. The first-order valence-electron chi connectivity index (χ1n) is 4.92. The van der Waals surface area contributed by atoms with Crippen LogP contribution in [0.4, 0.5) is 0 Å². The smallest absolute Gasteiger partial charge is 0.330 e. The summed E-state index contributed by atoms with van der Waals surface area (Å²) < 4.78 is 4.56. The van der Waals surface area contributed by atoms with Gasteiger partial charge in [-0.1, -0.05) is 0 Å². The number of carbonyl (C=O) groups excluding carboxylic acids is 2. The summed E-state index contributed by atoms with van der Waals surface area (Å²) in [6.07, 6.45) is 2.50. The molecule has 1 aromatic heterocycles. The Morgan fingerprint density at radius 3 is 2.59 bits per heavy atom. The average molecular weight is 238 g/mol. The van der Waals surface area contributed by atoms with E-state index >= 15 is 0 Å². The highest BCUT2D eigenvalue weighted by Gasteiger charge is 2.30. The standard InChI is InChI=1S/C11H14N2O4/c1-11(2,10(16)17-3)13-9(15)7-4-8(14)6-12-5-7/h4-6,14H,1-3H3,(H,13,15). The lowest BCUT2D eigenvalue weighted by molar-refractivity contribution is -0.146. The predicted molar refractivity (Wildman–Crippen MR) is 59.5 cm³/mol. The van der Waals surface area contributed by atoms with E-state index in [0.717, 1.165) is 0 Å². The second kappa shape index (κ2) is 4.82. The zero-order chi connectivity index (χ0) is 13.1. The molecule has 2 N–H and O–H groups in total. The molecule has 0 bridgehead atoms. The Bertz CT molecular complexity index is 443. The van der Waals surface area contributed by atoms with E-state index in [2.05, 4.69) is 15.0 Å². The van der Waals surface area contributed by atoms with Crippen molar-refractivity contribution in [3.63, 3.8) is 0 Å². The van der Waals surface area contributed by atoms with Crippen LogP contribution in [0.1, 0.15) is 24.2 Å². The normalized spacial score (nSPS) is 10.8. The maximum absolute atomic E-state index is 11.8. The van der Waals surface area contributed by atoms with E-state index in [4.69, 9.17) is 0 Å². The highest BCUT2D eigenvalue weighted by Crippen LogP contribution is 2.11. The van der Waals surface area contributed by atoms with Gasteiger partial charge in [-0.2, -0.15) is 0 Å². The SMILES string of the molecule is COC(=O)C(C)(C)NC(=O)c1cncc(O)c1. The quantitative estimate of drug-likeness (QED) is 0.747. The summed E-state index contributed by atoms with van der Waals surface area (Å²) in [6, 6.07) is 1.26. The molecule has 6 nitrogen and oxygen atoms in total. The van der Waals surface area contributed by atoms with Gasteiger partial charge in [-0.15, -0.1) is 0 Å². The molecule has 17 heavy (non-hydrogen) atoms. The van der Waals surface area contributed by atoms with Gasteiger partial charge >= 0.3 is 5.97 Å². The largest absolute Gasteiger partial charge is 0.506 e. The molecule has 0 fully saturated rings. The summed E-state index contributed by atoms with van der Waals surface area (Å²) in [5.74, 6) is -1.18. The van der Waals surface area contributed by atoms with Gasteiger partial charge in [-0.3, -0.25) is 9.78 Å². The Kier molecular flexibility index (Phi) is 3.67. The van der Waals surface area contributed by atoms with Crippen LogP contribution in [0.2, 0.25) is 0 Å². The number of aromatic hydroxyl groups is 1. The van der Waals surface area contributed by atoms with Crippen LogP contribution in [0, 0.1) is 0 Å². The summed E-state index contributed by atoms with van der Waals surface area (Å²) >= 11 is 0. The molecule has 92 valence electrons. The topological polar surface area (TPSA) is 88.5 Å². The number of hydrogen-bond donors (Lipinski definition) is 2. The molecule has 1 aromatic rings.